The van der Waals surface area contributed by atoms with Gasteiger partial charge in [-0.05, 0) is 60.9 Å². The number of hydrogen-bond donors (Lipinski definition) is 2. The molecule has 0 aliphatic carbocycles. The summed E-state index contributed by atoms with van der Waals surface area (Å²) in [5, 5.41) is 20.4. The molecule has 0 saturated heterocycles. The number of aryl methyl sites for hydroxylation is 2. The third-order valence-corrected chi connectivity index (χ3v) is 6.04. The van der Waals surface area contributed by atoms with Gasteiger partial charge in [-0.3, -0.25) is 9.59 Å². The second kappa shape index (κ2) is 11.4. The molecule has 37 heavy (non-hydrogen) atoms. The van der Waals surface area contributed by atoms with E-state index >= 15 is 0 Å². The molecule has 2 heterocycles. The summed E-state index contributed by atoms with van der Waals surface area (Å²) < 4.78 is 12.2. The van der Waals surface area contributed by atoms with Crippen molar-refractivity contribution in [3.63, 3.8) is 0 Å². The number of pyridine rings is 1. The zero-order valence-corrected chi connectivity index (χ0v) is 20.5. The van der Waals surface area contributed by atoms with Crippen molar-refractivity contribution in [1.29, 1.82) is 0 Å². The predicted octanol–water partition coefficient (Wildman–Crippen LogP) is 4.09. The standard InChI is InChI=1S/C28H27N3O6/c1-18-15-24(33)26(27(35)31(18)14-11-19-7-9-21(32)10-8-19)23(17-25(34)36-2)20-5-3-6-22(16-20)37-28-29-12-4-13-30-28/h3-10,12-13,15-16,23,32-33H,11,14,17H2,1-2H3/t23-/m0/s1. The normalized spacial score (nSPS) is 11.6. The van der Waals surface area contributed by atoms with Gasteiger partial charge in [-0.25, -0.2) is 9.97 Å². The first-order valence-corrected chi connectivity index (χ1v) is 11.7. The Balaban J connectivity index is 1.72. The van der Waals surface area contributed by atoms with Crippen molar-refractivity contribution in [2.75, 3.05) is 7.11 Å². The van der Waals surface area contributed by atoms with Gasteiger partial charge in [0.2, 0.25) is 0 Å². The molecule has 0 radical (unpaired) electrons. The number of aromatic nitrogens is 3. The number of benzene rings is 2. The van der Waals surface area contributed by atoms with Crippen LogP contribution in [0.3, 0.4) is 0 Å². The van der Waals surface area contributed by atoms with Crippen molar-refractivity contribution < 1.29 is 24.5 Å². The van der Waals surface area contributed by atoms with Crippen LogP contribution in [0.15, 0.2) is 77.9 Å². The maximum absolute atomic E-state index is 13.7. The average Bonchev–Trinajstić information content (AvgIpc) is 2.89. The van der Waals surface area contributed by atoms with Crippen LogP contribution in [0.4, 0.5) is 0 Å². The van der Waals surface area contributed by atoms with E-state index in [0.717, 1.165) is 5.56 Å². The van der Waals surface area contributed by atoms with Crippen LogP contribution in [-0.4, -0.2) is 37.8 Å². The molecular weight excluding hydrogens is 474 g/mol. The highest BCUT2D eigenvalue weighted by atomic mass is 16.5. The van der Waals surface area contributed by atoms with Crippen LogP contribution in [0, 0.1) is 6.92 Å². The van der Waals surface area contributed by atoms with E-state index in [0.29, 0.717) is 30.0 Å². The highest BCUT2D eigenvalue weighted by Gasteiger charge is 2.27. The monoisotopic (exact) mass is 501 g/mol. The lowest BCUT2D eigenvalue weighted by atomic mass is 9.88. The molecule has 9 nitrogen and oxygen atoms in total. The minimum Gasteiger partial charge on any atom is -0.508 e. The molecule has 190 valence electrons. The second-order valence-corrected chi connectivity index (χ2v) is 8.50. The van der Waals surface area contributed by atoms with Gasteiger partial charge < -0.3 is 24.3 Å². The lowest BCUT2D eigenvalue weighted by Crippen LogP contribution is -2.29. The Morgan fingerprint density at radius 3 is 2.46 bits per heavy atom. The summed E-state index contributed by atoms with van der Waals surface area (Å²) in [6.45, 7) is 2.09. The Morgan fingerprint density at radius 2 is 1.76 bits per heavy atom. The summed E-state index contributed by atoms with van der Waals surface area (Å²) in [6.07, 6.45) is 3.48. The Hall–Kier alpha value is -4.66. The quantitative estimate of drug-likeness (QED) is 0.329. The van der Waals surface area contributed by atoms with Gasteiger partial charge >= 0.3 is 12.0 Å². The van der Waals surface area contributed by atoms with Gasteiger partial charge in [-0.2, -0.15) is 0 Å². The summed E-state index contributed by atoms with van der Waals surface area (Å²) in [5.74, 6) is -0.939. The van der Waals surface area contributed by atoms with Crippen LogP contribution in [0.5, 0.6) is 23.3 Å². The lowest BCUT2D eigenvalue weighted by molar-refractivity contribution is -0.140. The maximum atomic E-state index is 13.7. The second-order valence-electron chi connectivity index (χ2n) is 8.50. The number of carbonyl (C=O) groups excluding carboxylic acids is 1. The third-order valence-electron chi connectivity index (χ3n) is 6.04. The molecule has 0 fully saturated rings. The molecule has 0 unspecified atom stereocenters. The van der Waals surface area contributed by atoms with Gasteiger partial charge in [0.15, 0.2) is 0 Å². The smallest absolute Gasteiger partial charge is 0.321 e. The molecule has 2 aromatic carbocycles. The van der Waals surface area contributed by atoms with Crippen molar-refractivity contribution >= 4 is 5.97 Å². The highest BCUT2D eigenvalue weighted by Crippen LogP contribution is 2.34. The lowest BCUT2D eigenvalue weighted by Gasteiger charge is -2.21. The molecule has 0 saturated carbocycles. The van der Waals surface area contributed by atoms with E-state index in [1.165, 1.54) is 13.2 Å². The number of nitrogens with zero attached hydrogens (tertiary/aromatic N) is 3. The third kappa shape index (κ3) is 6.13. The van der Waals surface area contributed by atoms with E-state index in [1.54, 1.807) is 78.5 Å². The summed E-state index contributed by atoms with van der Waals surface area (Å²) in [6, 6.07) is 17.0. The number of carbonyl (C=O) groups is 1. The van der Waals surface area contributed by atoms with E-state index in [9.17, 15) is 19.8 Å². The fraction of sp³-hybridized carbons (Fsp3) is 0.214. The van der Waals surface area contributed by atoms with E-state index in [2.05, 4.69) is 9.97 Å². The first-order valence-electron chi connectivity index (χ1n) is 11.7. The fourth-order valence-corrected chi connectivity index (χ4v) is 4.15. The molecule has 0 aliphatic heterocycles. The molecule has 0 amide bonds. The number of hydrogen-bond acceptors (Lipinski definition) is 8. The molecule has 2 aromatic heterocycles. The number of esters is 1. The van der Waals surface area contributed by atoms with Gasteiger partial charge in [-0.15, -0.1) is 0 Å². The molecule has 0 bridgehead atoms. The molecule has 4 rings (SSSR count). The fourth-order valence-electron chi connectivity index (χ4n) is 4.15. The summed E-state index contributed by atoms with van der Waals surface area (Å²) in [7, 11) is 1.27. The molecule has 9 heteroatoms. The number of aromatic hydroxyl groups is 2. The topological polar surface area (TPSA) is 124 Å². The van der Waals surface area contributed by atoms with Crippen molar-refractivity contribution in [1.82, 2.24) is 14.5 Å². The van der Waals surface area contributed by atoms with Crippen LogP contribution < -0.4 is 10.3 Å². The van der Waals surface area contributed by atoms with Crippen LogP contribution in [0.25, 0.3) is 0 Å². The Kier molecular flexibility index (Phi) is 7.83. The number of phenolic OH excluding ortho intramolecular Hbond substituents is 1. The zero-order chi connectivity index (χ0) is 26.4. The number of phenols is 1. The van der Waals surface area contributed by atoms with E-state index < -0.39 is 17.4 Å². The number of rotatable bonds is 9. The van der Waals surface area contributed by atoms with Gasteiger partial charge in [0.25, 0.3) is 5.56 Å². The van der Waals surface area contributed by atoms with Gasteiger partial charge in [0.05, 0.1) is 19.1 Å². The molecule has 2 N–H and O–H groups in total. The van der Waals surface area contributed by atoms with Gasteiger partial charge in [0, 0.05) is 30.6 Å². The van der Waals surface area contributed by atoms with Crippen molar-refractivity contribution in [3.05, 3.63) is 106 Å². The Bertz CT molecular complexity index is 1430. The summed E-state index contributed by atoms with van der Waals surface area (Å²) in [4.78, 5) is 34.2. The maximum Gasteiger partial charge on any atom is 0.321 e. The largest absolute Gasteiger partial charge is 0.508 e. The molecule has 1 atom stereocenters. The average molecular weight is 502 g/mol. The first kappa shape index (κ1) is 25.4. The highest BCUT2D eigenvalue weighted by molar-refractivity contribution is 5.71. The van der Waals surface area contributed by atoms with Crippen LogP contribution >= 0.6 is 0 Å². The first-order chi connectivity index (χ1) is 17.9. The van der Waals surface area contributed by atoms with E-state index in [1.807, 2.05) is 0 Å². The van der Waals surface area contributed by atoms with Gasteiger partial charge in [-0.1, -0.05) is 24.3 Å². The number of ether oxygens (including phenoxy) is 2. The molecule has 0 aliphatic rings. The van der Waals surface area contributed by atoms with Gasteiger partial charge in [0.1, 0.15) is 17.2 Å². The van der Waals surface area contributed by atoms with Crippen LogP contribution in [0.2, 0.25) is 0 Å². The predicted molar refractivity (Wildman–Crippen MR) is 136 cm³/mol. The Morgan fingerprint density at radius 1 is 1.03 bits per heavy atom. The zero-order valence-electron chi connectivity index (χ0n) is 20.5. The minimum atomic E-state index is -0.791. The molecule has 0 spiro atoms. The number of methoxy groups -OCH3 is 1. The summed E-state index contributed by atoms with van der Waals surface area (Å²) >= 11 is 0. The SMILES string of the molecule is COC(=O)C[C@@H](c1cccc(Oc2ncccn2)c1)c1c(O)cc(C)n(CCc2ccc(O)cc2)c1=O. The van der Waals surface area contributed by atoms with Crippen molar-refractivity contribution in [2.24, 2.45) is 0 Å². The van der Waals surface area contributed by atoms with Crippen molar-refractivity contribution in [3.8, 4) is 23.3 Å². The van der Waals surface area contributed by atoms with E-state index in [4.69, 9.17) is 9.47 Å². The van der Waals surface area contributed by atoms with E-state index in [-0.39, 0.29) is 29.5 Å². The summed E-state index contributed by atoms with van der Waals surface area (Å²) in [5.41, 5.74) is 1.80. The van der Waals surface area contributed by atoms with Crippen LogP contribution in [0.1, 0.15) is 34.7 Å². The Labute approximate surface area is 213 Å². The van der Waals surface area contributed by atoms with Crippen LogP contribution in [-0.2, 0) is 22.5 Å². The molecular formula is C28H27N3O6. The minimum absolute atomic E-state index is 0.0924. The van der Waals surface area contributed by atoms with Crippen molar-refractivity contribution in [2.45, 2.75) is 32.2 Å². The molecule has 4 aromatic rings.